The summed E-state index contributed by atoms with van der Waals surface area (Å²) in [5, 5.41) is 0.448. The number of hydrogen-bond donors (Lipinski definition) is 1. The molecule has 15 heavy (non-hydrogen) atoms. The summed E-state index contributed by atoms with van der Waals surface area (Å²) in [5.41, 5.74) is 6.79. The Kier molecular flexibility index (Phi) is 2.51. The smallest absolute Gasteiger partial charge is 0.142 e. The van der Waals surface area contributed by atoms with Crippen LogP contribution in [0, 0.1) is 5.82 Å². The third kappa shape index (κ3) is 2.05. The molecule has 5 heteroatoms. The van der Waals surface area contributed by atoms with Gasteiger partial charge in [0.05, 0.1) is 11.2 Å². The van der Waals surface area contributed by atoms with Crippen LogP contribution in [0.3, 0.4) is 0 Å². The first-order valence-corrected chi connectivity index (χ1v) is 4.56. The number of rotatable bonds is 1. The summed E-state index contributed by atoms with van der Waals surface area (Å²) in [4.78, 5) is 7.61. The van der Waals surface area contributed by atoms with Crippen LogP contribution in [-0.4, -0.2) is 9.97 Å². The fraction of sp³-hybridized carbons (Fsp3) is 0. The molecule has 0 aromatic carbocycles. The maximum absolute atomic E-state index is 12.9. The van der Waals surface area contributed by atoms with E-state index in [1.807, 2.05) is 0 Å². The molecule has 0 saturated heterocycles. The van der Waals surface area contributed by atoms with Crippen molar-refractivity contribution in [2.75, 3.05) is 5.73 Å². The molecule has 0 amide bonds. The lowest BCUT2D eigenvalue weighted by molar-refractivity contribution is 0.622. The van der Waals surface area contributed by atoms with Crippen LogP contribution in [-0.2, 0) is 0 Å². The summed E-state index contributed by atoms with van der Waals surface area (Å²) in [6.07, 6.45) is 4.07. The predicted octanol–water partition coefficient (Wildman–Crippen LogP) is 2.52. The maximum atomic E-state index is 12.9. The zero-order valence-corrected chi connectivity index (χ0v) is 8.37. The molecule has 0 radical (unpaired) electrons. The summed E-state index contributed by atoms with van der Waals surface area (Å²) >= 11 is 5.77. The van der Waals surface area contributed by atoms with Crippen LogP contribution in [0.25, 0.3) is 11.1 Å². The number of hydrogen-bond acceptors (Lipinski definition) is 3. The molecule has 0 unspecified atom stereocenters. The Balaban J connectivity index is 2.58. The van der Waals surface area contributed by atoms with Gasteiger partial charge in [-0.25, -0.2) is 9.37 Å². The Labute approximate surface area is 90.7 Å². The van der Waals surface area contributed by atoms with Gasteiger partial charge in [-0.3, -0.25) is 4.98 Å². The van der Waals surface area contributed by atoms with Crippen molar-refractivity contribution in [3.8, 4) is 11.1 Å². The van der Waals surface area contributed by atoms with Crippen molar-refractivity contribution in [1.29, 1.82) is 0 Å². The molecule has 0 aliphatic heterocycles. The Hall–Kier alpha value is -1.68. The highest BCUT2D eigenvalue weighted by Gasteiger charge is 2.06. The van der Waals surface area contributed by atoms with Gasteiger partial charge < -0.3 is 5.73 Å². The summed E-state index contributed by atoms with van der Waals surface area (Å²) < 4.78 is 12.9. The van der Waals surface area contributed by atoms with Crippen LogP contribution >= 0.6 is 11.6 Å². The number of halogens is 2. The highest BCUT2D eigenvalue weighted by Crippen LogP contribution is 2.26. The molecule has 0 atom stereocenters. The zero-order chi connectivity index (χ0) is 10.8. The molecule has 0 aliphatic rings. The van der Waals surface area contributed by atoms with Gasteiger partial charge in [-0.15, -0.1) is 0 Å². The minimum absolute atomic E-state index is 0.298. The maximum Gasteiger partial charge on any atom is 0.142 e. The molecular weight excluding hydrogens is 217 g/mol. The lowest BCUT2D eigenvalue weighted by Crippen LogP contribution is -1.94. The molecule has 2 N–H and O–H groups in total. The summed E-state index contributed by atoms with van der Waals surface area (Å²) in [6, 6.07) is 2.96. The van der Waals surface area contributed by atoms with Gasteiger partial charge in [0.1, 0.15) is 11.6 Å². The van der Waals surface area contributed by atoms with Crippen molar-refractivity contribution in [2.24, 2.45) is 0 Å². The van der Waals surface area contributed by atoms with E-state index in [2.05, 4.69) is 9.97 Å². The fourth-order valence-electron chi connectivity index (χ4n) is 1.24. The Morgan fingerprint density at radius 3 is 2.73 bits per heavy atom. The number of nitrogens with zero attached hydrogens (tertiary/aromatic N) is 2. The van der Waals surface area contributed by atoms with E-state index in [1.54, 1.807) is 6.07 Å². The van der Waals surface area contributed by atoms with Gasteiger partial charge in [0, 0.05) is 23.5 Å². The number of pyridine rings is 2. The zero-order valence-electron chi connectivity index (χ0n) is 7.61. The van der Waals surface area contributed by atoms with Crippen molar-refractivity contribution in [3.63, 3.8) is 0 Å². The highest BCUT2D eigenvalue weighted by molar-refractivity contribution is 6.30. The second-order valence-electron chi connectivity index (χ2n) is 2.98. The number of aromatic nitrogens is 2. The number of anilines is 1. The largest absolute Gasteiger partial charge is 0.383 e. The van der Waals surface area contributed by atoms with E-state index in [-0.39, 0.29) is 0 Å². The third-order valence-corrected chi connectivity index (χ3v) is 2.11. The summed E-state index contributed by atoms with van der Waals surface area (Å²) in [6.45, 7) is 0. The standard InChI is InChI=1S/C10H7ClFN3/c11-7-2-9(10(13)15-4-7)6-1-8(12)5-14-3-6/h1-5H,(H2,13,15). The molecular formula is C10H7ClFN3. The van der Waals surface area contributed by atoms with Crippen molar-refractivity contribution in [1.82, 2.24) is 9.97 Å². The molecule has 2 heterocycles. The lowest BCUT2D eigenvalue weighted by Gasteiger charge is -2.04. The molecule has 0 spiro atoms. The summed E-state index contributed by atoms with van der Waals surface area (Å²) in [5.74, 6) is -0.126. The molecule has 2 rings (SSSR count). The van der Waals surface area contributed by atoms with E-state index in [9.17, 15) is 4.39 Å². The van der Waals surface area contributed by atoms with Crippen LogP contribution in [0.5, 0.6) is 0 Å². The number of nitrogens with two attached hydrogens (primary N) is 1. The van der Waals surface area contributed by atoms with Crippen LogP contribution in [0.4, 0.5) is 10.2 Å². The fourth-order valence-corrected chi connectivity index (χ4v) is 1.40. The van der Waals surface area contributed by atoms with Crippen molar-refractivity contribution in [2.45, 2.75) is 0 Å². The van der Waals surface area contributed by atoms with Gasteiger partial charge in [0.25, 0.3) is 0 Å². The topological polar surface area (TPSA) is 51.8 Å². The van der Waals surface area contributed by atoms with E-state index in [0.717, 1.165) is 6.20 Å². The van der Waals surface area contributed by atoms with Crippen molar-refractivity contribution in [3.05, 3.63) is 41.6 Å². The molecule has 0 aliphatic carbocycles. The molecule has 76 valence electrons. The van der Waals surface area contributed by atoms with Crippen LogP contribution in [0.15, 0.2) is 30.7 Å². The average Bonchev–Trinajstić information content (AvgIpc) is 2.22. The van der Waals surface area contributed by atoms with Crippen molar-refractivity contribution < 1.29 is 4.39 Å². The van der Waals surface area contributed by atoms with Gasteiger partial charge in [-0.05, 0) is 12.1 Å². The van der Waals surface area contributed by atoms with E-state index in [1.165, 1.54) is 18.5 Å². The first-order valence-electron chi connectivity index (χ1n) is 4.19. The van der Waals surface area contributed by atoms with Crippen LogP contribution < -0.4 is 5.73 Å². The first-order chi connectivity index (χ1) is 7.16. The van der Waals surface area contributed by atoms with Gasteiger partial charge >= 0.3 is 0 Å². The van der Waals surface area contributed by atoms with Crippen LogP contribution in [0.2, 0.25) is 5.02 Å². The Bertz CT molecular complexity index is 502. The van der Waals surface area contributed by atoms with Gasteiger partial charge in [0.15, 0.2) is 0 Å². The van der Waals surface area contributed by atoms with Gasteiger partial charge in [-0.1, -0.05) is 11.6 Å². The van der Waals surface area contributed by atoms with Crippen LogP contribution in [0.1, 0.15) is 0 Å². The Morgan fingerprint density at radius 1 is 1.20 bits per heavy atom. The van der Waals surface area contributed by atoms with E-state index in [4.69, 9.17) is 17.3 Å². The monoisotopic (exact) mass is 223 g/mol. The second-order valence-corrected chi connectivity index (χ2v) is 3.41. The van der Waals surface area contributed by atoms with E-state index >= 15 is 0 Å². The molecule has 0 bridgehead atoms. The third-order valence-electron chi connectivity index (χ3n) is 1.90. The van der Waals surface area contributed by atoms with Gasteiger partial charge in [-0.2, -0.15) is 0 Å². The van der Waals surface area contributed by atoms with Crippen molar-refractivity contribution >= 4 is 17.4 Å². The lowest BCUT2D eigenvalue weighted by atomic mass is 10.1. The van der Waals surface area contributed by atoms with E-state index < -0.39 is 5.82 Å². The SMILES string of the molecule is Nc1ncc(Cl)cc1-c1cncc(F)c1. The average molecular weight is 224 g/mol. The molecule has 2 aromatic rings. The normalized spacial score (nSPS) is 10.3. The highest BCUT2D eigenvalue weighted by atomic mass is 35.5. The molecule has 0 fully saturated rings. The number of nitrogen functional groups attached to an aromatic ring is 1. The minimum atomic E-state index is -0.424. The molecule has 3 nitrogen and oxygen atoms in total. The molecule has 2 aromatic heterocycles. The van der Waals surface area contributed by atoms with E-state index in [0.29, 0.717) is 22.0 Å². The first kappa shape index (κ1) is 9.86. The summed E-state index contributed by atoms with van der Waals surface area (Å²) in [7, 11) is 0. The minimum Gasteiger partial charge on any atom is -0.383 e. The predicted molar refractivity (Wildman–Crippen MR) is 56.8 cm³/mol. The Morgan fingerprint density at radius 2 is 2.00 bits per heavy atom. The van der Waals surface area contributed by atoms with Gasteiger partial charge in [0.2, 0.25) is 0 Å². The second kappa shape index (κ2) is 3.82. The quantitative estimate of drug-likeness (QED) is 0.808. The molecule has 0 saturated carbocycles.